The standard InChI is InChI=1S/C28H23BrN2O6/c1-15-22(27(34)31(30(15)2)17-9-5-4-6-10-17)23(16-13-19(29)26(33)21(14-16)36-3)24-25(32)18-11-7-8-12-20(18)37-28(24)35/h4-14,23,32-33H,1-3H3/t23-/m0/s1. The molecule has 0 spiro atoms. The van der Waals surface area contributed by atoms with E-state index >= 15 is 0 Å². The van der Waals surface area contributed by atoms with Crippen LogP contribution in [-0.2, 0) is 7.05 Å². The molecule has 0 aliphatic carbocycles. The van der Waals surface area contributed by atoms with E-state index in [1.807, 2.05) is 30.3 Å². The van der Waals surface area contributed by atoms with Crippen LogP contribution in [0.15, 0.2) is 85.2 Å². The Morgan fingerprint density at radius 2 is 1.62 bits per heavy atom. The molecule has 0 unspecified atom stereocenters. The van der Waals surface area contributed by atoms with Gasteiger partial charge in [-0.2, -0.15) is 0 Å². The van der Waals surface area contributed by atoms with E-state index < -0.39 is 11.5 Å². The fourth-order valence-electron chi connectivity index (χ4n) is 4.72. The Hall–Kier alpha value is -4.24. The van der Waals surface area contributed by atoms with E-state index in [9.17, 15) is 19.8 Å². The number of aromatic nitrogens is 2. The monoisotopic (exact) mass is 562 g/mol. The van der Waals surface area contributed by atoms with E-state index in [1.54, 1.807) is 49.0 Å². The summed E-state index contributed by atoms with van der Waals surface area (Å²) < 4.78 is 14.4. The molecule has 8 nitrogen and oxygen atoms in total. The molecule has 0 saturated heterocycles. The third kappa shape index (κ3) is 3.92. The molecular weight excluding hydrogens is 540 g/mol. The second-order valence-electron chi connectivity index (χ2n) is 8.61. The van der Waals surface area contributed by atoms with Crippen molar-refractivity contribution in [2.75, 3.05) is 7.11 Å². The lowest BCUT2D eigenvalue weighted by atomic mass is 9.84. The molecule has 3 aromatic carbocycles. The summed E-state index contributed by atoms with van der Waals surface area (Å²) >= 11 is 3.34. The van der Waals surface area contributed by atoms with Crippen molar-refractivity contribution in [3.63, 3.8) is 0 Å². The quantitative estimate of drug-likeness (QED) is 0.293. The zero-order valence-electron chi connectivity index (χ0n) is 20.2. The summed E-state index contributed by atoms with van der Waals surface area (Å²) in [7, 11) is 3.15. The van der Waals surface area contributed by atoms with E-state index in [-0.39, 0.29) is 39.5 Å². The van der Waals surface area contributed by atoms with Crippen LogP contribution < -0.4 is 15.9 Å². The zero-order chi connectivity index (χ0) is 26.4. The van der Waals surface area contributed by atoms with Gasteiger partial charge in [-0.25, -0.2) is 9.48 Å². The number of hydrogen-bond acceptors (Lipinski definition) is 6. The Labute approximate surface area is 219 Å². The largest absolute Gasteiger partial charge is 0.507 e. The average Bonchev–Trinajstić information content (AvgIpc) is 3.11. The van der Waals surface area contributed by atoms with Gasteiger partial charge in [-0.05, 0) is 64.8 Å². The van der Waals surface area contributed by atoms with Crippen LogP contribution in [0.5, 0.6) is 17.2 Å². The second kappa shape index (κ2) is 9.33. The number of aromatic hydroxyl groups is 2. The van der Waals surface area contributed by atoms with Gasteiger partial charge < -0.3 is 19.4 Å². The summed E-state index contributed by atoms with van der Waals surface area (Å²) in [6, 6.07) is 18.9. The maximum atomic E-state index is 14.0. The molecule has 0 aliphatic heterocycles. The minimum atomic E-state index is -1.05. The molecule has 0 bridgehead atoms. The Morgan fingerprint density at radius 3 is 2.32 bits per heavy atom. The highest BCUT2D eigenvalue weighted by atomic mass is 79.9. The van der Waals surface area contributed by atoms with Crippen molar-refractivity contribution in [2.45, 2.75) is 12.8 Å². The van der Waals surface area contributed by atoms with Crippen LogP contribution in [0.4, 0.5) is 0 Å². The van der Waals surface area contributed by atoms with Crippen molar-refractivity contribution in [1.29, 1.82) is 0 Å². The summed E-state index contributed by atoms with van der Waals surface area (Å²) in [5, 5.41) is 22.1. The van der Waals surface area contributed by atoms with Crippen LogP contribution in [-0.4, -0.2) is 26.7 Å². The van der Waals surface area contributed by atoms with E-state index in [2.05, 4.69) is 15.9 Å². The summed E-state index contributed by atoms with van der Waals surface area (Å²) in [6.45, 7) is 1.77. The first-order valence-corrected chi connectivity index (χ1v) is 12.2. The first kappa shape index (κ1) is 24.5. The fourth-order valence-corrected chi connectivity index (χ4v) is 5.18. The van der Waals surface area contributed by atoms with E-state index in [0.717, 1.165) is 0 Å². The Bertz CT molecular complexity index is 1770. The molecule has 0 fully saturated rings. The number of ether oxygens (including phenoxy) is 1. The molecule has 2 heterocycles. The number of fused-ring (bicyclic) bond motifs is 1. The van der Waals surface area contributed by atoms with Crippen LogP contribution in [0, 0.1) is 6.92 Å². The van der Waals surface area contributed by atoms with Crippen molar-refractivity contribution in [1.82, 2.24) is 9.36 Å². The summed E-state index contributed by atoms with van der Waals surface area (Å²) in [5.41, 5.74) is 0.906. The predicted molar refractivity (Wildman–Crippen MR) is 143 cm³/mol. The molecule has 37 heavy (non-hydrogen) atoms. The Morgan fingerprint density at radius 1 is 0.946 bits per heavy atom. The van der Waals surface area contributed by atoms with Gasteiger partial charge in [0.05, 0.1) is 39.7 Å². The molecule has 1 atom stereocenters. The zero-order valence-corrected chi connectivity index (χ0v) is 21.8. The first-order valence-electron chi connectivity index (χ1n) is 11.4. The molecule has 5 aromatic rings. The summed E-state index contributed by atoms with van der Waals surface area (Å²) in [5.74, 6) is -1.33. The van der Waals surface area contributed by atoms with Crippen LogP contribution in [0.2, 0.25) is 0 Å². The summed E-state index contributed by atoms with van der Waals surface area (Å²) in [6.07, 6.45) is 0. The maximum Gasteiger partial charge on any atom is 0.344 e. The van der Waals surface area contributed by atoms with Gasteiger partial charge >= 0.3 is 5.63 Å². The van der Waals surface area contributed by atoms with Crippen LogP contribution in [0.3, 0.4) is 0 Å². The van der Waals surface area contributed by atoms with Crippen molar-refractivity contribution in [3.05, 3.63) is 114 Å². The third-order valence-electron chi connectivity index (χ3n) is 6.60. The van der Waals surface area contributed by atoms with Gasteiger partial charge in [0.1, 0.15) is 11.3 Å². The number of methoxy groups -OCH3 is 1. The van der Waals surface area contributed by atoms with Gasteiger partial charge in [0.15, 0.2) is 11.5 Å². The molecule has 0 amide bonds. The highest BCUT2D eigenvalue weighted by Crippen LogP contribution is 2.43. The normalized spacial score (nSPS) is 12.1. The Kier molecular flexibility index (Phi) is 6.16. The first-order chi connectivity index (χ1) is 17.7. The fraction of sp³-hybridized carbons (Fsp3) is 0.143. The average molecular weight is 563 g/mol. The van der Waals surface area contributed by atoms with Gasteiger partial charge in [-0.15, -0.1) is 0 Å². The number of phenolic OH excluding ortho intramolecular Hbond substituents is 1. The van der Waals surface area contributed by atoms with Crippen LogP contribution >= 0.6 is 15.9 Å². The SMILES string of the molecule is COc1cc([C@H](c2c(O)c3ccccc3oc2=O)c2c(C)n(C)n(-c3ccccc3)c2=O)cc(Br)c1O. The minimum Gasteiger partial charge on any atom is -0.507 e. The number of benzene rings is 3. The third-order valence-corrected chi connectivity index (χ3v) is 7.20. The van der Waals surface area contributed by atoms with Crippen LogP contribution in [0.25, 0.3) is 16.7 Å². The molecule has 2 N–H and O–H groups in total. The molecule has 0 aliphatic rings. The van der Waals surface area contributed by atoms with Gasteiger partial charge in [-0.3, -0.25) is 9.48 Å². The summed E-state index contributed by atoms with van der Waals surface area (Å²) in [4.78, 5) is 27.4. The lowest BCUT2D eigenvalue weighted by molar-refractivity contribution is 0.371. The maximum absolute atomic E-state index is 14.0. The van der Waals surface area contributed by atoms with E-state index in [1.165, 1.54) is 17.9 Å². The van der Waals surface area contributed by atoms with Crippen molar-refractivity contribution in [3.8, 4) is 22.9 Å². The van der Waals surface area contributed by atoms with E-state index in [4.69, 9.17) is 9.15 Å². The molecular formula is C28H23BrN2O6. The molecule has 5 rings (SSSR count). The number of nitrogens with zero attached hydrogens (tertiary/aromatic N) is 2. The smallest absolute Gasteiger partial charge is 0.344 e. The molecule has 2 aromatic heterocycles. The van der Waals surface area contributed by atoms with Crippen molar-refractivity contribution in [2.24, 2.45) is 7.05 Å². The van der Waals surface area contributed by atoms with Gasteiger partial charge in [-0.1, -0.05) is 30.3 Å². The minimum absolute atomic E-state index is 0.0932. The second-order valence-corrected chi connectivity index (χ2v) is 9.46. The van der Waals surface area contributed by atoms with Crippen LogP contribution in [0.1, 0.15) is 28.3 Å². The highest BCUT2D eigenvalue weighted by molar-refractivity contribution is 9.10. The van der Waals surface area contributed by atoms with Gasteiger partial charge in [0, 0.05) is 12.7 Å². The predicted octanol–water partition coefficient (Wildman–Crippen LogP) is 4.95. The van der Waals surface area contributed by atoms with Gasteiger partial charge in [0.25, 0.3) is 5.56 Å². The Balaban J connectivity index is 1.91. The van der Waals surface area contributed by atoms with Gasteiger partial charge in [0.2, 0.25) is 0 Å². The highest BCUT2D eigenvalue weighted by Gasteiger charge is 2.33. The number of phenols is 1. The lowest BCUT2D eigenvalue weighted by Crippen LogP contribution is -2.24. The molecule has 188 valence electrons. The van der Waals surface area contributed by atoms with E-state index in [0.29, 0.717) is 26.8 Å². The van der Waals surface area contributed by atoms with Crippen molar-refractivity contribution < 1.29 is 19.4 Å². The lowest BCUT2D eigenvalue weighted by Gasteiger charge is -2.20. The number of rotatable bonds is 5. The number of hydrogen-bond donors (Lipinski definition) is 2. The molecule has 0 radical (unpaired) electrons. The molecule has 0 saturated carbocycles. The van der Waals surface area contributed by atoms with Crippen molar-refractivity contribution >= 4 is 26.9 Å². The number of halogens is 1. The molecule has 9 heteroatoms. The topological polar surface area (TPSA) is 107 Å². The number of para-hydroxylation sites is 2.